The van der Waals surface area contributed by atoms with Gasteiger partial charge in [-0.2, -0.15) is 5.10 Å². The molecule has 0 saturated carbocycles. The molecule has 0 spiro atoms. The lowest BCUT2D eigenvalue weighted by atomic mass is 10.1. The highest BCUT2D eigenvalue weighted by molar-refractivity contribution is 6.35. The van der Waals surface area contributed by atoms with Gasteiger partial charge in [-0.1, -0.05) is 37.0 Å². The molecule has 0 aliphatic rings. The van der Waals surface area contributed by atoms with Crippen LogP contribution < -0.4 is 9.47 Å². The standard InChI is InChI=1S/C16H15Cl2N3O2.C2H6/c1-8-10-4-15(14(22-3)5-13(10)21-20-8)23-9(2)16-11(17)6-19-7-12(16)18;1-2/h4-7,9H,1-3H3,(H,20,21);1-2H3/t9-;/m1./s1. The van der Waals surface area contributed by atoms with Crippen molar-refractivity contribution in [1.82, 2.24) is 15.2 Å². The molecule has 3 rings (SSSR count). The summed E-state index contributed by atoms with van der Waals surface area (Å²) in [5.74, 6) is 1.19. The van der Waals surface area contributed by atoms with E-state index in [1.807, 2.05) is 39.8 Å². The Balaban J connectivity index is 0.00000109. The average molecular weight is 382 g/mol. The topological polar surface area (TPSA) is 60.0 Å². The molecule has 3 aromatic rings. The Bertz CT molecular complexity index is 845. The third-order valence-corrected chi connectivity index (χ3v) is 4.23. The van der Waals surface area contributed by atoms with Gasteiger partial charge in [0.25, 0.3) is 0 Å². The van der Waals surface area contributed by atoms with Crippen molar-refractivity contribution in [2.75, 3.05) is 7.11 Å². The molecule has 0 aliphatic heterocycles. The van der Waals surface area contributed by atoms with Gasteiger partial charge in [0.15, 0.2) is 11.5 Å². The zero-order valence-electron chi connectivity index (χ0n) is 14.9. The number of aryl methyl sites for hydroxylation is 1. The first kappa shape index (κ1) is 19.3. The number of H-pyrrole nitrogens is 1. The van der Waals surface area contributed by atoms with Crippen molar-refractivity contribution in [2.24, 2.45) is 0 Å². The lowest BCUT2D eigenvalue weighted by Gasteiger charge is -2.19. The molecule has 0 saturated heterocycles. The summed E-state index contributed by atoms with van der Waals surface area (Å²) in [4.78, 5) is 3.96. The van der Waals surface area contributed by atoms with E-state index in [1.54, 1.807) is 19.5 Å². The number of aromatic nitrogens is 3. The lowest BCUT2D eigenvalue weighted by molar-refractivity contribution is 0.216. The summed E-state index contributed by atoms with van der Waals surface area (Å²) < 4.78 is 11.5. The summed E-state index contributed by atoms with van der Waals surface area (Å²) in [6, 6.07) is 3.73. The van der Waals surface area contributed by atoms with Crippen LogP contribution in [-0.4, -0.2) is 22.3 Å². The maximum atomic E-state index is 6.19. The van der Waals surface area contributed by atoms with E-state index >= 15 is 0 Å². The van der Waals surface area contributed by atoms with Crippen LogP contribution in [0.3, 0.4) is 0 Å². The molecule has 1 atom stereocenters. The van der Waals surface area contributed by atoms with Crippen LogP contribution in [0, 0.1) is 6.92 Å². The molecule has 0 radical (unpaired) electrons. The molecule has 0 aliphatic carbocycles. The first-order valence-electron chi connectivity index (χ1n) is 7.99. The van der Waals surface area contributed by atoms with Crippen LogP contribution in [0.5, 0.6) is 11.5 Å². The van der Waals surface area contributed by atoms with Gasteiger partial charge in [-0.15, -0.1) is 0 Å². The summed E-state index contributed by atoms with van der Waals surface area (Å²) in [6.07, 6.45) is 2.73. The van der Waals surface area contributed by atoms with E-state index in [0.717, 1.165) is 16.6 Å². The van der Waals surface area contributed by atoms with Crippen LogP contribution >= 0.6 is 23.2 Å². The molecule has 0 amide bonds. The van der Waals surface area contributed by atoms with Crippen molar-refractivity contribution in [2.45, 2.75) is 33.8 Å². The highest BCUT2D eigenvalue weighted by Gasteiger charge is 2.19. The van der Waals surface area contributed by atoms with Crippen LogP contribution in [-0.2, 0) is 0 Å². The largest absolute Gasteiger partial charge is 0.493 e. The third kappa shape index (κ3) is 3.99. The third-order valence-electron chi connectivity index (χ3n) is 3.63. The van der Waals surface area contributed by atoms with Gasteiger partial charge < -0.3 is 9.47 Å². The normalized spacial score (nSPS) is 11.6. The highest BCUT2D eigenvalue weighted by atomic mass is 35.5. The molecule has 0 unspecified atom stereocenters. The molecule has 2 aromatic heterocycles. The molecule has 134 valence electrons. The molecule has 7 heteroatoms. The average Bonchev–Trinajstić information content (AvgIpc) is 2.96. The molecular weight excluding hydrogens is 361 g/mol. The first-order valence-corrected chi connectivity index (χ1v) is 8.75. The number of hydrogen-bond acceptors (Lipinski definition) is 4. The van der Waals surface area contributed by atoms with Crippen molar-refractivity contribution < 1.29 is 9.47 Å². The number of ether oxygens (including phenoxy) is 2. The molecule has 0 bridgehead atoms. The van der Waals surface area contributed by atoms with Crippen LogP contribution in [0.1, 0.15) is 38.1 Å². The quantitative estimate of drug-likeness (QED) is 0.624. The maximum Gasteiger partial charge on any atom is 0.163 e. The fraction of sp³-hybridized carbons (Fsp3) is 0.333. The number of benzene rings is 1. The van der Waals surface area contributed by atoms with Gasteiger partial charge in [0.1, 0.15) is 6.10 Å². The highest BCUT2D eigenvalue weighted by Crippen LogP contribution is 2.38. The second-order valence-corrected chi connectivity index (χ2v) is 5.96. The van der Waals surface area contributed by atoms with E-state index in [0.29, 0.717) is 27.1 Å². The number of aromatic amines is 1. The summed E-state index contributed by atoms with van der Waals surface area (Å²) in [5.41, 5.74) is 2.47. The zero-order valence-corrected chi connectivity index (χ0v) is 16.4. The van der Waals surface area contributed by atoms with Crippen molar-refractivity contribution in [1.29, 1.82) is 0 Å². The van der Waals surface area contributed by atoms with Gasteiger partial charge in [0.05, 0.1) is 22.7 Å². The number of pyridine rings is 1. The van der Waals surface area contributed by atoms with Gasteiger partial charge in [0.2, 0.25) is 0 Å². The number of rotatable bonds is 4. The van der Waals surface area contributed by atoms with E-state index in [1.165, 1.54) is 0 Å². The van der Waals surface area contributed by atoms with Gasteiger partial charge in [-0.3, -0.25) is 10.1 Å². The Kier molecular flexibility index (Phi) is 6.51. The van der Waals surface area contributed by atoms with E-state index in [2.05, 4.69) is 15.2 Å². The molecule has 5 nitrogen and oxygen atoms in total. The minimum atomic E-state index is -0.364. The summed E-state index contributed by atoms with van der Waals surface area (Å²) in [5, 5.41) is 9.07. The number of hydrogen-bond donors (Lipinski definition) is 1. The van der Waals surface area contributed by atoms with Gasteiger partial charge >= 0.3 is 0 Å². The lowest BCUT2D eigenvalue weighted by Crippen LogP contribution is -2.06. The number of fused-ring (bicyclic) bond motifs is 1. The van der Waals surface area contributed by atoms with E-state index < -0.39 is 0 Å². The monoisotopic (exact) mass is 381 g/mol. The van der Waals surface area contributed by atoms with Gasteiger partial charge in [-0.05, 0) is 19.9 Å². The van der Waals surface area contributed by atoms with Crippen LogP contribution in [0.25, 0.3) is 10.9 Å². The second kappa shape index (κ2) is 8.41. The predicted molar refractivity (Wildman–Crippen MR) is 102 cm³/mol. The molecular formula is C18H21Cl2N3O2. The predicted octanol–water partition coefficient (Wildman–Crippen LogP) is 5.75. The van der Waals surface area contributed by atoms with Crippen LogP contribution in [0.2, 0.25) is 10.0 Å². The van der Waals surface area contributed by atoms with Crippen molar-refractivity contribution in [3.8, 4) is 11.5 Å². The zero-order chi connectivity index (χ0) is 18.6. The Morgan fingerprint density at radius 1 is 1.08 bits per heavy atom. The van der Waals surface area contributed by atoms with Gasteiger partial charge in [0, 0.05) is 35.1 Å². The molecule has 2 heterocycles. The SMILES string of the molecule is CC.COc1cc2n[nH]c(C)c2cc1O[C@H](C)c1c(Cl)cncc1Cl. The smallest absolute Gasteiger partial charge is 0.163 e. The summed E-state index contributed by atoms with van der Waals surface area (Å²) in [7, 11) is 1.59. The molecule has 1 aromatic carbocycles. The van der Waals surface area contributed by atoms with Crippen molar-refractivity contribution in [3.05, 3.63) is 45.8 Å². The summed E-state index contributed by atoms with van der Waals surface area (Å²) in [6.45, 7) is 7.82. The van der Waals surface area contributed by atoms with E-state index in [-0.39, 0.29) is 6.10 Å². The molecule has 25 heavy (non-hydrogen) atoms. The molecule has 1 N–H and O–H groups in total. The van der Waals surface area contributed by atoms with Gasteiger partial charge in [-0.25, -0.2) is 0 Å². The number of nitrogens with zero attached hydrogens (tertiary/aromatic N) is 2. The Labute approximate surface area is 157 Å². The van der Waals surface area contributed by atoms with E-state index in [4.69, 9.17) is 32.7 Å². The van der Waals surface area contributed by atoms with Crippen LogP contribution in [0.15, 0.2) is 24.5 Å². The first-order chi connectivity index (χ1) is 12.0. The maximum absolute atomic E-state index is 6.19. The Morgan fingerprint density at radius 3 is 2.32 bits per heavy atom. The second-order valence-electron chi connectivity index (χ2n) is 5.15. The van der Waals surface area contributed by atoms with Crippen LogP contribution in [0.4, 0.5) is 0 Å². The Morgan fingerprint density at radius 2 is 1.72 bits per heavy atom. The fourth-order valence-electron chi connectivity index (χ4n) is 2.46. The Hall–Kier alpha value is -1.98. The van der Waals surface area contributed by atoms with Crippen molar-refractivity contribution >= 4 is 34.1 Å². The summed E-state index contributed by atoms with van der Waals surface area (Å²) >= 11 is 12.4. The number of nitrogens with one attached hydrogen (secondary N) is 1. The number of halogens is 2. The van der Waals surface area contributed by atoms with Crippen molar-refractivity contribution in [3.63, 3.8) is 0 Å². The minimum Gasteiger partial charge on any atom is -0.493 e. The van der Waals surface area contributed by atoms with E-state index in [9.17, 15) is 0 Å². The minimum absolute atomic E-state index is 0.364. The molecule has 0 fully saturated rings. The fourth-order valence-corrected chi connectivity index (χ4v) is 3.13. The number of methoxy groups -OCH3 is 1.